The van der Waals surface area contributed by atoms with E-state index >= 15 is 0 Å². The molecule has 0 spiro atoms. The van der Waals surface area contributed by atoms with Crippen LogP contribution in [-0.4, -0.2) is 19.2 Å². The van der Waals surface area contributed by atoms with Crippen LogP contribution in [0.4, 0.5) is 19.3 Å². The first kappa shape index (κ1) is 22.0. The maximum absolute atomic E-state index is 13.6. The molecule has 0 atom stereocenters. The maximum atomic E-state index is 13.6. The molecule has 0 saturated carbocycles. The summed E-state index contributed by atoms with van der Waals surface area (Å²) in [5.74, 6) is -3.38. The first-order valence-corrected chi connectivity index (χ1v) is 10.0. The number of amides is 1. The third-order valence-electron chi connectivity index (χ3n) is 5.13. The van der Waals surface area contributed by atoms with Gasteiger partial charge in [-0.3, -0.25) is 5.32 Å². The van der Waals surface area contributed by atoms with E-state index in [-0.39, 0.29) is 17.9 Å². The molecule has 0 aromatic heterocycles. The molecule has 5 nitrogen and oxygen atoms in total. The van der Waals surface area contributed by atoms with E-state index in [1.807, 2.05) is 48.5 Å². The quantitative estimate of drug-likeness (QED) is 0.364. The van der Waals surface area contributed by atoms with Gasteiger partial charge in [0.15, 0.2) is 11.6 Å². The van der Waals surface area contributed by atoms with Gasteiger partial charge in [-0.05, 0) is 33.5 Å². The van der Waals surface area contributed by atoms with Gasteiger partial charge in [0, 0.05) is 6.07 Å². The average molecular weight is 447 g/mol. The van der Waals surface area contributed by atoms with Gasteiger partial charge in [-0.2, -0.15) is 0 Å². The summed E-state index contributed by atoms with van der Waals surface area (Å²) in [4.78, 5) is 24.0. The fourth-order valence-corrected chi connectivity index (χ4v) is 3.48. The Hall–Kier alpha value is -4.26. The third kappa shape index (κ3) is 4.82. The van der Waals surface area contributed by atoms with E-state index in [0.29, 0.717) is 12.1 Å². The van der Waals surface area contributed by atoms with Crippen molar-refractivity contribution in [3.05, 3.63) is 102 Å². The minimum atomic E-state index is -1.24. The van der Waals surface area contributed by atoms with Gasteiger partial charge < -0.3 is 9.47 Å². The lowest BCUT2D eigenvalue weighted by Gasteiger charge is -2.11. The van der Waals surface area contributed by atoms with Gasteiger partial charge in [0.05, 0.1) is 18.4 Å². The second kappa shape index (κ2) is 9.48. The van der Waals surface area contributed by atoms with E-state index in [4.69, 9.17) is 4.74 Å². The Morgan fingerprint density at radius 3 is 2.33 bits per heavy atom. The van der Waals surface area contributed by atoms with Crippen molar-refractivity contribution in [2.45, 2.75) is 6.61 Å². The standard InChI is InChI=1S/C26H19F2NO4/c1-32-25(30)21-13-22(27)23(28)14-24(21)29-26(31)33-15-16-9-11-18(12-10-16)20-8-4-6-17-5-2-3-7-19(17)20/h2-14H,15H2,1H3,(H,29,31). The first-order valence-electron chi connectivity index (χ1n) is 10.0. The second-order valence-electron chi connectivity index (χ2n) is 7.23. The predicted octanol–water partition coefficient (Wildman–Crippen LogP) is 6.32. The zero-order valence-electron chi connectivity index (χ0n) is 17.6. The Labute approximate surface area is 188 Å². The highest BCUT2D eigenvalue weighted by Crippen LogP contribution is 2.29. The molecule has 0 aliphatic carbocycles. The Morgan fingerprint density at radius 2 is 1.58 bits per heavy atom. The Kier molecular flexibility index (Phi) is 6.31. The van der Waals surface area contributed by atoms with Crippen molar-refractivity contribution in [3.63, 3.8) is 0 Å². The van der Waals surface area contributed by atoms with E-state index in [2.05, 4.69) is 28.3 Å². The molecule has 33 heavy (non-hydrogen) atoms. The normalized spacial score (nSPS) is 10.6. The van der Waals surface area contributed by atoms with Crippen molar-refractivity contribution < 1.29 is 27.8 Å². The molecule has 166 valence electrons. The van der Waals surface area contributed by atoms with Crippen LogP contribution in [0.5, 0.6) is 0 Å². The molecule has 7 heteroatoms. The zero-order chi connectivity index (χ0) is 23.4. The van der Waals surface area contributed by atoms with Gasteiger partial charge in [0.1, 0.15) is 6.61 Å². The average Bonchev–Trinajstić information content (AvgIpc) is 2.84. The van der Waals surface area contributed by atoms with Crippen molar-refractivity contribution in [1.29, 1.82) is 0 Å². The second-order valence-corrected chi connectivity index (χ2v) is 7.23. The molecule has 0 unspecified atom stereocenters. The molecule has 0 radical (unpaired) electrons. The van der Waals surface area contributed by atoms with Crippen LogP contribution in [0.2, 0.25) is 0 Å². The minimum absolute atomic E-state index is 0.0567. The van der Waals surface area contributed by atoms with Crippen molar-refractivity contribution >= 4 is 28.5 Å². The number of methoxy groups -OCH3 is 1. The molecule has 0 bridgehead atoms. The summed E-state index contributed by atoms with van der Waals surface area (Å²) in [6, 6.07) is 23.1. The van der Waals surface area contributed by atoms with Crippen LogP contribution in [0.1, 0.15) is 15.9 Å². The van der Waals surface area contributed by atoms with Crippen LogP contribution in [0.15, 0.2) is 78.9 Å². The summed E-state index contributed by atoms with van der Waals surface area (Å²) < 4.78 is 36.8. The highest BCUT2D eigenvalue weighted by atomic mass is 19.2. The van der Waals surface area contributed by atoms with E-state index in [1.165, 1.54) is 0 Å². The van der Waals surface area contributed by atoms with Gasteiger partial charge in [0.25, 0.3) is 0 Å². The molecule has 0 aliphatic rings. The Bertz CT molecular complexity index is 1330. The molecule has 0 aliphatic heterocycles. The molecule has 1 N–H and O–H groups in total. The lowest BCUT2D eigenvalue weighted by molar-refractivity contribution is 0.0601. The van der Waals surface area contributed by atoms with Crippen LogP contribution in [0, 0.1) is 11.6 Å². The number of anilines is 1. The van der Waals surface area contributed by atoms with Crippen molar-refractivity contribution in [2.75, 3.05) is 12.4 Å². The van der Waals surface area contributed by atoms with Crippen LogP contribution in [0.25, 0.3) is 21.9 Å². The lowest BCUT2D eigenvalue weighted by atomic mass is 9.98. The molecular formula is C26H19F2NO4. The Morgan fingerprint density at radius 1 is 0.879 bits per heavy atom. The third-order valence-corrected chi connectivity index (χ3v) is 5.13. The lowest BCUT2D eigenvalue weighted by Crippen LogP contribution is -2.17. The molecule has 0 saturated heterocycles. The van der Waals surface area contributed by atoms with Crippen molar-refractivity contribution in [3.8, 4) is 11.1 Å². The minimum Gasteiger partial charge on any atom is -0.465 e. The molecule has 4 aromatic carbocycles. The summed E-state index contributed by atoms with van der Waals surface area (Å²) in [6.45, 7) is -0.0567. The molecule has 0 fully saturated rings. The smallest absolute Gasteiger partial charge is 0.411 e. The molecule has 4 aromatic rings. The number of esters is 1. The number of fused-ring (bicyclic) bond motifs is 1. The van der Waals surface area contributed by atoms with Crippen LogP contribution in [-0.2, 0) is 16.1 Å². The van der Waals surface area contributed by atoms with Crippen LogP contribution in [0.3, 0.4) is 0 Å². The number of benzene rings is 4. The summed E-state index contributed by atoms with van der Waals surface area (Å²) in [7, 11) is 1.09. The molecular weight excluding hydrogens is 428 g/mol. The summed E-state index contributed by atoms with van der Waals surface area (Å²) >= 11 is 0. The van der Waals surface area contributed by atoms with Crippen LogP contribution >= 0.6 is 0 Å². The molecule has 4 rings (SSSR count). The number of ether oxygens (including phenoxy) is 2. The monoisotopic (exact) mass is 447 g/mol. The topological polar surface area (TPSA) is 64.6 Å². The summed E-state index contributed by atoms with van der Waals surface area (Å²) in [5, 5.41) is 4.53. The number of halogens is 2. The predicted molar refractivity (Wildman–Crippen MR) is 121 cm³/mol. The van der Waals surface area contributed by atoms with Gasteiger partial charge >= 0.3 is 12.1 Å². The fourth-order valence-electron chi connectivity index (χ4n) is 3.48. The van der Waals surface area contributed by atoms with E-state index in [0.717, 1.165) is 34.6 Å². The number of rotatable bonds is 5. The fraction of sp³-hybridized carbons (Fsp3) is 0.0769. The van der Waals surface area contributed by atoms with Gasteiger partial charge in [0.2, 0.25) is 0 Å². The van der Waals surface area contributed by atoms with E-state index in [9.17, 15) is 18.4 Å². The summed E-state index contributed by atoms with van der Waals surface area (Å²) in [5.41, 5.74) is 2.26. The van der Waals surface area contributed by atoms with E-state index < -0.39 is 23.7 Å². The first-order chi connectivity index (χ1) is 16.0. The SMILES string of the molecule is COC(=O)c1cc(F)c(F)cc1NC(=O)OCc1ccc(-c2cccc3ccccc23)cc1. The number of carbonyl (C=O) groups excluding carboxylic acids is 2. The number of hydrogen-bond donors (Lipinski definition) is 1. The number of nitrogens with one attached hydrogen (secondary N) is 1. The largest absolute Gasteiger partial charge is 0.465 e. The zero-order valence-corrected chi connectivity index (χ0v) is 17.6. The van der Waals surface area contributed by atoms with Gasteiger partial charge in [-0.15, -0.1) is 0 Å². The molecule has 1 amide bonds. The summed E-state index contributed by atoms with van der Waals surface area (Å²) in [6.07, 6.45) is -0.927. The van der Waals surface area contributed by atoms with Gasteiger partial charge in [-0.25, -0.2) is 18.4 Å². The highest BCUT2D eigenvalue weighted by Gasteiger charge is 2.19. The molecule has 0 heterocycles. The maximum Gasteiger partial charge on any atom is 0.411 e. The Balaban J connectivity index is 1.45. The number of carbonyl (C=O) groups is 2. The highest BCUT2D eigenvalue weighted by molar-refractivity contribution is 6.00. The number of hydrogen-bond acceptors (Lipinski definition) is 4. The van der Waals surface area contributed by atoms with Crippen molar-refractivity contribution in [1.82, 2.24) is 0 Å². The van der Waals surface area contributed by atoms with Crippen LogP contribution < -0.4 is 5.32 Å². The van der Waals surface area contributed by atoms with Crippen molar-refractivity contribution in [2.24, 2.45) is 0 Å². The van der Waals surface area contributed by atoms with E-state index in [1.54, 1.807) is 0 Å². The van der Waals surface area contributed by atoms with Gasteiger partial charge in [-0.1, -0.05) is 66.7 Å².